The van der Waals surface area contributed by atoms with Gasteiger partial charge in [0.25, 0.3) is 0 Å². The summed E-state index contributed by atoms with van der Waals surface area (Å²) in [6.07, 6.45) is 8.21. The Kier molecular flexibility index (Phi) is 7.06. The van der Waals surface area contributed by atoms with Crippen molar-refractivity contribution in [3.8, 4) is 12.3 Å². The van der Waals surface area contributed by atoms with Crippen molar-refractivity contribution >= 4 is 23.2 Å². The average molecular weight is 451 g/mol. The van der Waals surface area contributed by atoms with Crippen LogP contribution in [-0.4, -0.2) is 37.9 Å². The van der Waals surface area contributed by atoms with Crippen molar-refractivity contribution < 1.29 is 13.9 Å². The molecule has 0 amide bonds. The minimum atomic E-state index is -1.78. The maximum absolute atomic E-state index is 14.6. The van der Waals surface area contributed by atoms with Gasteiger partial charge in [-0.25, -0.2) is 18.4 Å². The highest BCUT2D eigenvalue weighted by Gasteiger charge is 2.35. The number of hydrogen-bond donors (Lipinski definition) is 1. The lowest BCUT2D eigenvalue weighted by Crippen LogP contribution is -2.44. The third-order valence-corrected chi connectivity index (χ3v) is 5.12. The van der Waals surface area contributed by atoms with Crippen LogP contribution in [0, 0.1) is 24.0 Å². The number of aliphatic hydroxyl groups is 1. The summed E-state index contributed by atoms with van der Waals surface area (Å²) in [5, 5.41) is 16.4. The van der Waals surface area contributed by atoms with E-state index >= 15 is 0 Å². The van der Waals surface area contributed by atoms with E-state index in [4.69, 9.17) is 29.6 Å². The Morgan fingerprint density at radius 3 is 2.63 bits per heavy atom. The van der Waals surface area contributed by atoms with Gasteiger partial charge in [-0.2, -0.15) is 5.10 Å². The summed E-state index contributed by atoms with van der Waals surface area (Å²) >= 11 is 12.2. The largest absolute Gasteiger partial charge is 0.382 e. The summed E-state index contributed by atoms with van der Waals surface area (Å²) in [5.41, 5.74) is -1.12. The molecule has 1 atom stereocenters. The van der Waals surface area contributed by atoms with Crippen LogP contribution in [-0.2, 0) is 18.7 Å². The second-order valence-corrected chi connectivity index (χ2v) is 7.68. The highest BCUT2D eigenvalue weighted by Crippen LogP contribution is 2.29. The van der Waals surface area contributed by atoms with Crippen molar-refractivity contribution in [1.29, 1.82) is 0 Å². The lowest BCUT2D eigenvalue weighted by atomic mass is 9.92. The Balaban J connectivity index is 1.95. The molecule has 30 heavy (non-hydrogen) atoms. The molecule has 1 heterocycles. The Bertz CT molecular complexity index is 1060. The van der Waals surface area contributed by atoms with Gasteiger partial charge >= 0.3 is 0 Å². The fourth-order valence-electron chi connectivity index (χ4n) is 3.23. The minimum Gasteiger partial charge on any atom is -0.382 e. The Hall–Kier alpha value is -2.50. The summed E-state index contributed by atoms with van der Waals surface area (Å²) in [6, 6.07) is 8.08. The van der Waals surface area contributed by atoms with E-state index < -0.39 is 17.2 Å². The molecule has 0 bridgehead atoms. The molecule has 0 saturated heterocycles. The van der Waals surface area contributed by atoms with Gasteiger partial charge in [0, 0.05) is 34.8 Å². The monoisotopic (exact) mass is 450 g/mol. The standard InChI is InChI=1S/C21H18Cl2F2N4O/c1-2-7-28(10-15-3-4-16(22)8-19(15)23)11-21(30,12-29-14-26-13-27-29)18-6-5-17(24)9-20(18)25/h1,3-6,8-9,13-14,30H,7,10-12H2. The zero-order chi connectivity index (χ0) is 21.7. The highest BCUT2D eigenvalue weighted by atomic mass is 35.5. The van der Waals surface area contributed by atoms with E-state index in [1.54, 1.807) is 23.1 Å². The summed E-state index contributed by atoms with van der Waals surface area (Å²) < 4.78 is 29.4. The Labute approximate surface area is 182 Å². The molecule has 0 fully saturated rings. The number of terminal acetylenes is 1. The maximum atomic E-state index is 14.6. The predicted octanol–water partition coefficient (Wildman–Crippen LogP) is 3.89. The van der Waals surface area contributed by atoms with Crippen LogP contribution in [0.15, 0.2) is 49.1 Å². The van der Waals surface area contributed by atoms with Gasteiger partial charge in [-0.3, -0.25) is 4.90 Å². The molecule has 0 aliphatic carbocycles. The van der Waals surface area contributed by atoms with Gasteiger partial charge in [-0.05, 0) is 23.8 Å². The van der Waals surface area contributed by atoms with Gasteiger partial charge in [0.1, 0.15) is 29.9 Å². The quantitative estimate of drug-likeness (QED) is 0.529. The van der Waals surface area contributed by atoms with Crippen molar-refractivity contribution in [2.75, 3.05) is 13.1 Å². The molecule has 0 saturated carbocycles. The van der Waals surface area contributed by atoms with Crippen LogP contribution in [0.5, 0.6) is 0 Å². The van der Waals surface area contributed by atoms with Crippen molar-refractivity contribution in [3.05, 3.63) is 81.9 Å². The van der Waals surface area contributed by atoms with Crippen molar-refractivity contribution in [1.82, 2.24) is 19.7 Å². The second kappa shape index (κ2) is 9.54. The smallest absolute Gasteiger partial charge is 0.137 e. The molecule has 0 spiro atoms. The third kappa shape index (κ3) is 5.35. The molecule has 9 heteroatoms. The van der Waals surface area contributed by atoms with Gasteiger partial charge in [-0.15, -0.1) is 6.42 Å². The third-order valence-electron chi connectivity index (χ3n) is 4.53. The van der Waals surface area contributed by atoms with Crippen molar-refractivity contribution in [2.45, 2.75) is 18.7 Å². The zero-order valence-electron chi connectivity index (χ0n) is 15.8. The first-order valence-electron chi connectivity index (χ1n) is 8.91. The molecule has 1 N–H and O–H groups in total. The molecule has 3 rings (SSSR count). The Morgan fingerprint density at radius 2 is 2.00 bits per heavy atom. The van der Waals surface area contributed by atoms with E-state index in [1.807, 2.05) is 0 Å². The molecule has 3 aromatic rings. The van der Waals surface area contributed by atoms with E-state index in [0.717, 1.165) is 17.7 Å². The molecule has 2 aromatic carbocycles. The summed E-state index contributed by atoms with van der Waals surface area (Å²) in [5.74, 6) is 0.917. The summed E-state index contributed by atoms with van der Waals surface area (Å²) in [7, 11) is 0. The van der Waals surface area contributed by atoms with Crippen LogP contribution in [0.25, 0.3) is 0 Å². The summed E-state index contributed by atoms with van der Waals surface area (Å²) in [6.45, 7) is 0.244. The molecule has 0 radical (unpaired) electrons. The van der Waals surface area contributed by atoms with E-state index in [-0.39, 0.29) is 31.7 Å². The zero-order valence-corrected chi connectivity index (χ0v) is 17.3. The number of hydrogen-bond acceptors (Lipinski definition) is 4. The number of halogens is 4. The lowest BCUT2D eigenvalue weighted by Gasteiger charge is -2.34. The average Bonchev–Trinajstić information content (AvgIpc) is 3.16. The van der Waals surface area contributed by atoms with Crippen LogP contribution in [0.3, 0.4) is 0 Å². The molecule has 0 aliphatic rings. The maximum Gasteiger partial charge on any atom is 0.137 e. The highest BCUT2D eigenvalue weighted by molar-refractivity contribution is 6.35. The van der Waals surface area contributed by atoms with Crippen LogP contribution in [0.4, 0.5) is 8.78 Å². The van der Waals surface area contributed by atoms with Crippen LogP contribution < -0.4 is 0 Å². The van der Waals surface area contributed by atoms with Crippen LogP contribution >= 0.6 is 23.2 Å². The van der Waals surface area contributed by atoms with Gasteiger partial charge in [-0.1, -0.05) is 41.3 Å². The van der Waals surface area contributed by atoms with Crippen LogP contribution in [0.1, 0.15) is 11.1 Å². The first kappa shape index (κ1) is 22.2. The molecule has 1 unspecified atom stereocenters. The van der Waals surface area contributed by atoms with E-state index in [2.05, 4.69) is 16.0 Å². The van der Waals surface area contributed by atoms with Gasteiger partial charge in [0.05, 0.1) is 13.1 Å². The molecule has 156 valence electrons. The van der Waals surface area contributed by atoms with E-state index in [0.29, 0.717) is 10.0 Å². The number of rotatable bonds is 8. The van der Waals surface area contributed by atoms with Gasteiger partial charge in [0.2, 0.25) is 0 Å². The first-order valence-corrected chi connectivity index (χ1v) is 9.66. The fraction of sp³-hybridized carbons (Fsp3) is 0.238. The molecule has 5 nitrogen and oxygen atoms in total. The predicted molar refractivity (Wildman–Crippen MR) is 111 cm³/mol. The van der Waals surface area contributed by atoms with Crippen molar-refractivity contribution in [3.63, 3.8) is 0 Å². The summed E-state index contributed by atoms with van der Waals surface area (Å²) in [4.78, 5) is 5.58. The minimum absolute atomic E-state index is 0.0709. The fourth-order valence-corrected chi connectivity index (χ4v) is 3.70. The normalized spacial score (nSPS) is 13.2. The number of nitrogens with zero attached hydrogens (tertiary/aromatic N) is 4. The van der Waals surface area contributed by atoms with Crippen molar-refractivity contribution in [2.24, 2.45) is 0 Å². The molecule has 1 aromatic heterocycles. The number of benzene rings is 2. The van der Waals surface area contributed by atoms with E-state index in [1.165, 1.54) is 23.4 Å². The van der Waals surface area contributed by atoms with Gasteiger partial charge in [0.15, 0.2) is 0 Å². The lowest BCUT2D eigenvalue weighted by molar-refractivity contribution is -0.0205. The molecular weight excluding hydrogens is 433 g/mol. The topological polar surface area (TPSA) is 54.2 Å². The van der Waals surface area contributed by atoms with Gasteiger partial charge < -0.3 is 5.11 Å². The Morgan fingerprint density at radius 1 is 1.20 bits per heavy atom. The first-order chi connectivity index (χ1) is 14.3. The SMILES string of the molecule is C#CCN(Cc1ccc(Cl)cc1Cl)CC(O)(Cn1cncn1)c1ccc(F)cc1F. The molecular formula is C21H18Cl2F2N4O. The second-order valence-electron chi connectivity index (χ2n) is 6.83. The number of aromatic nitrogens is 3. The molecule has 0 aliphatic heterocycles. The van der Waals surface area contributed by atoms with E-state index in [9.17, 15) is 13.9 Å². The van der Waals surface area contributed by atoms with Crippen LogP contribution in [0.2, 0.25) is 10.0 Å².